The van der Waals surface area contributed by atoms with E-state index in [9.17, 15) is 0 Å². The summed E-state index contributed by atoms with van der Waals surface area (Å²) in [5, 5.41) is 0.211. The molecule has 1 fully saturated rings. The van der Waals surface area contributed by atoms with Crippen LogP contribution in [0.3, 0.4) is 0 Å². The molecule has 1 aliphatic rings. The van der Waals surface area contributed by atoms with Crippen LogP contribution in [-0.4, -0.2) is 17.6 Å². The molecule has 0 aliphatic carbocycles. The van der Waals surface area contributed by atoms with Gasteiger partial charge in [0.05, 0.1) is 11.0 Å². The molecule has 0 radical (unpaired) electrons. The largest absolute Gasteiger partial charge is 0.374 e. The number of ether oxygens (including phenoxy) is 1. The summed E-state index contributed by atoms with van der Waals surface area (Å²) in [6.07, 6.45) is 0.995. The number of alkyl halides is 1. The fourth-order valence-electron chi connectivity index (χ4n) is 0.863. The fourth-order valence-corrected chi connectivity index (χ4v) is 1.02. The lowest BCUT2D eigenvalue weighted by Crippen LogP contribution is -2.27. The van der Waals surface area contributed by atoms with Crippen molar-refractivity contribution in [2.24, 2.45) is 0 Å². The second-order valence-corrected chi connectivity index (χ2v) is 3.23. The lowest BCUT2D eigenvalue weighted by Gasteiger charge is -2.19. The van der Waals surface area contributed by atoms with Crippen LogP contribution in [0.1, 0.15) is 20.3 Å². The highest BCUT2D eigenvalue weighted by Gasteiger charge is 2.33. The van der Waals surface area contributed by atoms with Crippen LogP contribution in [0.5, 0.6) is 0 Å². The molecule has 1 aliphatic heterocycles. The smallest absolute Gasteiger partial charge is 0.0790 e. The van der Waals surface area contributed by atoms with Gasteiger partial charge in [-0.15, -0.1) is 11.6 Å². The molecule has 1 unspecified atom stereocenters. The average molecular weight is 135 g/mol. The van der Waals surface area contributed by atoms with Crippen LogP contribution in [0.25, 0.3) is 0 Å². The SMILES string of the molecule is CC1(C)OCCC1Cl. The van der Waals surface area contributed by atoms with Gasteiger partial charge in [-0.3, -0.25) is 0 Å². The molecule has 0 bridgehead atoms. The van der Waals surface area contributed by atoms with Gasteiger partial charge in [0.15, 0.2) is 0 Å². The van der Waals surface area contributed by atoms with Gasteiger partial charge in [0.1, 0.15) is 0 Å². The maximum Gasteiger partial charge on any atom is 0.0790 e. The first-order chi connectivity index (χ1) is 3.63. The van der Waals surface area contributed by atoms with Crippen LogP contribution >= 0.6 is 11.6 Å². The van der Waals surface area contributed by atoms with E-state index in [1.165, 1.54) is 0 Å². The van der Waals surface area contributed by atoms with Gasteiger partial charge >= 0.3 is 0 Å². The summed E-state index contributed by atoms with van der Waals surface area (Å²) in [5.74, 6) is 0. The molecule has 1 rings (SSSR count). The van der Waals surface area contributed by atoms with E-state index >= 15 is 0 Å². The van der Waals surface area contributed by atoms with Crippen molar-refractivity contribution < 1.29 is 4.74 Å². The van der Waals surface area contributed by atoms with Crippen molar-refractivity contribution >= 4 is 11.6 Å². The van der Waals surface area contributed by atoms with Gasteiger partial charge in [0.2, 0.25) is 0 Å². The Morgan fingerprint density at radius 3 is 2.38 bits per heavy atom. The summed E-state index contributed by atoms with van der Waals surface area (Å²) in [6.45, 7) is 4.87. The van der Waals surface area contributed by atoms with Gasteiger partial charge in [0, 0.05) is 6.61 Å². The van der Waals surface area contributed by atoms with Crippen molar-refractivity contribution in [3.63, 3.8) is 0 Å². The third-order valence-corrected chi connectivity index (χ3v) is 2.34. The Bertz CT molecular complexity index is 90.5. The number of hydrogen-bond donors (Lipinski definition) is 0. The molecule has 2 heteroatoms. The number of rotatable bonds is 0. The predicted octanol–water partition coefficient (Wildman–Crippen LogP) is 1.79. The van der Waals surface area contributed by atoms with Crippen LogP contribution < -0.4 is 0 Å². The molecule has 8 heavy (non-hydrogen) atoms. The highest BCUT2D eigenvalue weighted by molar-refractivity contribution is 6.21. The minimum Gasteiger partial charge on any atom is -0.374 e. The zero-order valence-corrected chi connectivity index (χ0v) is 6.03. The lowest BCUT2D eigenvalue weighted by molar-refractivity contribution is 0.0384. The summed E-state index contributed by atoms with van der Waals surface area (Å²) in [6, 6.07) is 0. The second-order valence-electron chi connectivity index (χ2n) is 2.71. The van der Waals surface area contributed by atoms with Gasteiger partial charge in [-0.1, -0.05) is 0 Å². The van der Waals surface area contributed by atoms with E-state index in [4.69, 9.17) is 16.3 Å². The van der Waals surface area contributed by atoms with Gasteiger partial charge in [-0.05, 0) is 20.3 Å². The fraction of sp³-hybridized carbons (Fsp3) is 1.00. The van der Waals surface area contributed by atoms with E-state index < -0.39 is 0 Å². The molecular weight excluding hydrogens is 124 g/mol. The first kappa shape index (κ1) is 6.37. The Balaban J connectivity index is 2.54. The van der Waals surface area contributed by atoms with E-state index in [0.717, 1.165) is 13.0 Å². The topological polar surface area (TPSA) is 9.23 Å². The average Bonchev–Trinajstić information content (AvgIpc) is 1.86. The highest BCUT2D eigenvalue weighted by Crippen LogP contribution is 2.29. The van der Waals surface area contributed by atoms with E-state index in [1.54, 1.807) is 0 Å². The molecule has 0 spiro atoms. The number of hydrogen-bond acceptors (Lipinski definition) is 1. The third-order valence-electron chi connectivity index (χ3n) is 1.60. The van der Waals surface area contributed by atoms with Gasteiger partial charge < -0.3 is 4.74 Å². The summed E-state index contributed by atoms with van der Waals surface area (Å²) < 4.78 is 5.32. The first-order valence-electron chi connectivity index (χ1n) is 2.91. The van der Waals surface area contributed by atoms with Crippen molar-refractivity contribution in [2.75, 3.05) is 6.61 Å². The quantitative estimate of drug-likeness (QED) is 0.459. The van der Waals surface area contributed by atoms with Crippen LogP contribution in [0, 0.1) is 0 Å². The zero-order chi connectivity index (χ0) is 6.20. The molecular formula is C6H11ClO. The third kappa shape index (κ3) is 0.981. The first-order valence-corrected chi connectivity index (χ1v) is 3.34. The summed E-state index contributed by atoms with van der Waals surface area (Å²) in [7, 11) is 0. The van der Waals surface area contributed by atoms with Crippen molar-refractivity contribution in [1.29, 1.82) is 0 Å². The molecule has 1 atom stereocenters. The Morgan fingerprint density at radius 2 is 2.25 bits per heavy atom. The standard InChI is InChI=1S/C6H11ClO/c1-6(2)5(7)3-4-8-6/h5H,3-4H2,1-2H3. The Kier molecular flexibility index (Phi) is 1.50. The van der Waals surface area contributed by atoms with Crippen LogP contribution in [0.15, 0.2) is 0 Å². The Morgan fingerprint density at radius 1 is 1.62 bits per heavy atom. The monoisotopic (exact) mass is 134 g/mol. The van der Waals surface area contributed by atoms with Gasteiger partial charge in [0.25, 0.3) is 0 Å². The zero-order valence-electron chi connectivity index (χ0n) is 5.28. The van der Waals surface area contributed by atoms with Crippen molar-refractivity contribution in [3.05, 3.63) is 0 Å². The van der Waals surface area contributed by atoms with Crippen LogP contribution in [-0.2, 0) is 4.74 Å². The summed E-state index contributed by atoms with van der Waals surface area (Å²) in [4.78, 5) is 0. The van der Waals surface area contributed by atoms with Gasteiger partial charge in [-0.25, -0.2) is 0 Å². The van der Waals surface area contributed by atoms with Crippen molar-refractivity contribution in [1.82, 2.24) is 0 Å². The molecule has 48 valence electrons. The lowest BCUT2D eigenvalue weighted by atomic mass is 10.1. The molecule has 0 saturated carbocycles. The maximum absolute atomic E-state index is 5.88. The Hall–Kier alpha value is 0.250. The summed E-state index contributed by atoms with van der Waals surface area (Å²) >= 11 is 5.88. The molecule has 0 aromatic heterocycles. The van der Waals surface area contributed by atoms with Crippen LogP contribution in [0.2, 0.25) is 0 Å². The molecule has 0 amide bonds. The van der Waals surface area contributed by atoms with Crippen molar-refractivity contribution in [3.8, 4) is 0 Å². The van der Waals surface area contributed by atoms with E-state index in [2.05, 4.69) is 0 Å². The highest BCUT2D eigenvalue weighted by atomic mass is 35.5. The minimum absolute atomic E-state index is 0.0818. The maximum atomic E-state index is 5.88. The molecule has 1 saturated heterocycles. The molecule has 0 aromatic carbocycles. The predicted molar refractivity (Wildman–Crippen MR) is 34.3 cm³/mol. The van der Waals surface area contributed by atoms with E-state index in [1.807, 2.05) is 13.8 Å². The Labute approximate surface area is 55.0 Å². The number of halogens is 1. The molecule has 1 heterocycles. The van der Waals surface area contributed by atoms with Crippen LogP contribution in [0.4, 0.5) is 0 Å². The molecule has 1 nitrogen and oxygen atoms in total. The normalized spacial score (nSPS) is 35.6. The van der Waals surface area contributed by atoms with Crippen molar-refractivity contribution in [2.45, 2.75) is 31.2 Å². The second kappa shape index (κ2) is 1.89. The van der Waals surface area contributed by atoms with E-state index in [-0.39, 0.29) is 11.0 Å². The van der Waals surface area contributed by atoms with Gasteiger partial charge in [-0.2, -0.15) is 0 Å². The van der Waals surface area contributed by atoms with E-state index in [0.29, 0.717) is 0 Å². The molecule has 0 N–H and O–H groups in total. The minimum atomic E-state index is -0.0818. The summed E-state index contributed by atoms with van der Waals surface area (Å²) in [5.41, 5.74) is -0.0818. The molecule has 0 aromatic rings.